The first kappa shape index (κ1) is 11.3. The van der Waals surface area contributed by atoms with Crippen molar-refractivity contribution in [3.8, 4) is 5.75 Å². The second-order valence-corrected chi connectivity index (χ2v) is 4.38. The number of ether oxygens (including phenoxy) is 1. The molecule has 0 bridgehead atoms. The molecule has 0 aliphatic heterocycles. The van der Waals surface area contributed by atoms with Gasteiger partial charge in [0, 0.05) is 0 Å². The van der Waals surface area contributed by atoms with Gasteiger partial charge in [0.25, 0.3) is 0 Å². The van der Waals surface area contributed by atoms with Crippen molar-refractivity contribution < 1.29 is 4.74 Å². The Morgan fingerprint density at radius 3 is 3.00 bits per heavy atom. The number of fused-ring (bicyclic) bond motifs is 1. The van der Waals surface area contributed by atoms with Crippen LogP contribution in [0.3, 0.4) is 0 Å². The SMILES string of the molecule is CCCCCCOc1ccc2c(c1)C=CC2. The van der Waals surface area contributed by atoms with Gasteiger partial charge in [-0.2, -0.15) is 0 Å². The zero-order valence-electron chi connectivity index (χ0n) is 10.0. The van der Waals surface area contributed by atoms with Gasteiger partial charge in [-0.1, -0.05) is 44.4 Å². The standard InChI is InChI=1S/C15H20O/c1-2-3-4-5-11-16-15-10-9-13-7-6-8-14(13)12-15/h6,8-10,12H,2-5,7,11H2,1H3. The fraction of sp³-hybridized carbons (Fsp3) is 0.467. The average molecular weight is 216 g/mol. The van der Waals surface area contributed by atoms with Crippen LogP contribution < -0.4 is 4.74 Å². The number of hydrogen-bond acceptors (Lipinski definition) is 1. The molecule has 2 rings (SSSR count). The molecule has 0 saturated carbocycles. The summed E-state index contributed by atoms with van der Waals surface area (Å²) in [6.07, 6.45) is 10.5. The predicted molar refractivity (Wildman–Crippen MR) is 68.8 cm³/mol. The van der Waals surface area contributed by atoms with Crippen LogP contribution in [0, 0.1) is 0 Å². The van der Waals surface area contributed by atoms with E-state index in [9.17, 15) is 0 Å². The Hall–Kier alpha value is -1.24. The molecule has 86 valence electrons. The lowest BCUT2D eigenvalue weighted by Crippen LogP contribution is -1.97. The number of unbranched alkanes of at least 4 members (excludes halogenated alkanes) is 3. The van der Waals surface area contributed by atoms with E-state index < -0.39 is 0 Å². The monoisotopic (exact) mass is 216 g/mol. The molecule has 0 unspecified atom stereocenters. The molecule has 0 atom stereocenters. The van der Waals surface area contributed by atoms with Gasteiger partial charge in [-0.15, -0.1) is 0 Å². The van der Waals surface area contributed by atoms with Crippen molar-refractivity contribution in [1.29, 1.82) is 0 Å². The average Bonchev–Trinajstić information content (AvgIpc) is 2.76. The van der Waals surface area contributed by atoms with E-state index in [0.29, 0.717) is 0 Å². The van der Waals surface area contributed by atoms with Crippen LogP contribution in [-0.4, -0.2) is 6.61 Å². The first-order valence-electron chi connectivity index (χ1n) is 6.32. The minimum atomic E-state index is 0.850. The Balaban J connectivity index is 1.79. The second-order valence-electron chi connectivity index (χ2n) is 4.38. The number of hydrogen-bond donors (Lipinski definition) is 0. The molecule has 0 spiro atoms. The highest BCUT2D eigenvalue weighted by Crippen LogP contribution is 2.24. The van der Waals surface area contributed by atoms with Crippen LogP contribution in [0.5, 0.6) is 5.75 Å². The molecule has 1 aromatic rings. The van der Waals surface area contributed by atoms with E-state index in [1.54, 1.807) is 0 Å². The van der Waals surface area contributed by atoms with Gasteiger partial charge in [0.05, 0.1) is 6.61 Å². The molecule has 0 fully saturated rings. The molecule has 0 saturated heterocycles. The third kappa shape index (κ3) is 2.88. The molecule has 0 heterocycles. The summed E-state index contributed by atoms with van der Waals surface area (Å²) in [5.41, 5.74) is 2.74. The Bertz CT molecular complexity index is 366. The summed E-state index contributed by atoms with van der Waals surface area (Å²) in [7, 11) is 0. The van der Waals surface area contributed by atoms with Crippen molar-refractivity contribution in [3.63, 3.8) is 0 Å². The minimum absolute atomic E-state index is 0.850. The lowest BCUT2D eigenvalue weighted by Gasteiger charge is -2.07. The summed E-state index contributed by atoms with van der Waals surface area (Å²) in [6, 6.07) is 6.42. The fourth-order valence-electron chi connectivity index (χ4n) is 2.04. The summed E-state index contributed by atoms with van der Waals surface area (Å²) in [4.78, 5) is 0. The van der Waals surface area contributed by atoms with E-state index in [1.807, 2.05) is 0 Å². The molecule has 1 nitrogen and oxygen atoms in total. The van der Waals surface area contributed by atoms with Gasteiger partial charge in [-0.3, -0.25) is 0 Å². The first-order valence-corrected chi connectivity index (χ1v) is 6.32. The van der Waals surface area contributed by atoms with Crippen LogP contribution in [0.25, 0.3) is 6.08 Å². The molecular weight excluding hydrogens is 196 g/mol. The molecule has 0 N–H and O–H groups in total. The highest BCUT2D eigenvalue weighted by molar-refractivity contribution is 5.61. The third-order valence-electron chi connectivity index (χ3n) is 3.02. The molecule has 16 heavy (non-hydrogen) atoms. The van der Waals surface area contributed by atoms with Crippen LogP contribution >= 0.6 is 0 Å². The molecular formula is C15H20O. The van der Waals surface area contributed by atoms with Gasteiger partial charge in [0.2, 0.25) is 0 Å². The van der Waals surface area contributed by atoms with Crippen molar-refractivity contribution in [2.45, 2.75) is 39.0 Å². The Kier molecular flexibility index (Phi) is 4.03. The largest absolute Gasteiger partial charge is 0.494 e. The molecule has 1 aliphatic carbocycles. The Morgan fingerprint density at radius 2 is 2.12 bits per heavy atom. The van der Waals surface area contributed by atoms with Crippen LogP contribution in [-0.2, 0) is 6.42 Å². The summed E-state index contributed by atoms with van der Waals surface area (Å²) in [5, 5.41) is 0. The fourth-order valence-corrected chi connectivity index (χ4v) is 2.04. The quantitative estimate of drug-likeness (QED) is 0.647. The van der Waals surface area contributed by atoms with Gasteiger partial charge < -0.3 is 4.74 Å². The van der Waals surface area contributed by atoms with Crippen molar-refractivity contribution in [2.24, 2.45) is 0 Å². The van der Waals surface area contributed by atoms with Crippen LogP contribution in [0.4, 0.5) is 0 Å². The maximum Gasteiger partial charge on any atom is 0.119 e. The smallest absolute Gasteiger partial charge is 0.119 e. The highest BCUT2D eigenvalue weighted by atomic mass is 16.5. The summed E-state index contributed by atoms with van der Waals surface area (Å²) in [6.45, 7) is 3.08. The van der Waals surface area contributed by atoms with Crippen molar-refractivity contribution in [1.82, 2.24) is 0 Å². The van der Waals surface area contributed by atoms with E-state index in [2.05, 4.69) is 37.3 Å². The van der Waals surface area contributed by atoms with E-state index in [4.69, 9.17) is 4.74 Å². The minimum Gasteiger partial charge on any atom is -0.494 e. The highest BCUT2D eigenvalue weighted by Gasteiger charge is 2.05. The molecule has 0 radical (unpaired) electrons. The van der Waals surface area contributed by atoms with Gasteiger partial charge in [-0.25, -0.2) is 0 Å². The second kappa shape index (κ2) is 5.74. The Labute approximate surface area is 98.1 Å². The van der Waals surface area contributed by atoms with E-state index >= 15 is 0 Å². The van der Waals surface area contributed by atoms with Crippen LogP contribution in [0.15, 0.2) is 24.3 Å². The molecule has 1 heteroatoms. The lowest BCUT2D eigenvalue weighted by atomic mass is 10.1. The van der Waals surface area contributed by atoms with Gasteiger partial charge in [-0.05, 0) is 36.1 Å². The zero-order valence-corrected chi connectivity index (χ0v) is 10.0. The third-order valence-corrected chi connectivity index (χ3v) is 3.02. The topological polar surface area (TPSA) is 9.23 Å². The Morgan fingerprint density at radius 1 is 1.19 bits per heavy atom. The van der Waals surface area contributed by atoms with Gasteiger partial charge in [0.1, 0.15) is 5.75 Å². The van der Waals surface area contributed by atoms with E-state index in [1.165, 1.54) is 36.8 Å². The molecule has 1 aliphatic rings. The zero-order chi connectivity index (χ0) is 11.2. The van der Waals surface area contributed by atoms with Gasteiger partial charge in [0.15, 0.2) is 0 Å². The summed E-state index contributed by atoms with van der Waals surface area (Å²) >= 11 is 0. The van der Waals surface area contributed by atoms with Crippen molar-refractivity contribution in [2.75, 3.05) is 6.61 Å². The summed E-state index contributed by atoms with van der Waals surface area (Å²) in [5.74, 6) is 1.02. The molecule has 0 amide bonds. The molecule has 1 aromatic carbocycles. The van der Waals surface area contributed by atoms with E-state index in [0.717, 1.165) is 18.8 Å². The number of allylic oxidation sites excluding steroid dienone is 1. The first-order chi connectivity index (χ1) is 7.90. The normalized spacial score (nSPS) is 12.8. The van der Waals surface area contributed by atoms with Crippen LogP contribution in [0.2, 0.25) is 0 Å². The number of benzene rings is 1. The maximum atomic E-state index is 5.74. The summed E-state index contributed by atoms with van der Waals surface area (Å²) < 4.78 is 5.74. The predicted octanol–water partition coefficient (Wildman–Crippen LogP) is 4.22. The van der Waals surface area contributed by atoms with Crippen molar-refractivity contribution >= 4 is 6.08 Å². The van der Waals surface area contributed by atoms with E-state index in [-0.39, 0.29) is 0 Å². The van der Waals surface area contributed by atoms with Gasteiger partial charge >= 0.3 is 0 Å². The lowest BCUT2D eigenvalue weighted by molar-refractivity contribution is 0.305. The van der Waals surface area contributed by atoms with Crippen LogP contribution in [0.1, 0.15) is 43.7 Å². The maximum absolute atomic E-state index is 5.74. The number of rotatable bonds is 6. The van der Waals surface area contributed by atoms with Crippen molar-refractivity contribution in [3.05, 3.63) is 35.4 Å². The molecule has 0 aromatic heterocycles.